The zero-order valence-corrected chi connectivity index (χ0v) is 21.7. The zero-order chi connectivity index (χ0) is 24.5. The summed E-state index contributed by atoms with van der Waals surface area (Å²) >= 11 is 7.00. The summed E-state index contributed by atoms with van der Waals surface area (Å²) in [5.74, 6) is 0. The molecule has 0 spiro atoms. The first-order chi connectivity index (χ1) is 16.0. The molecule has 0 unspecified atom stereocenters. The number of rotatable bonds is 8. The highest BCUT2D eigenvalue weighted by Crippen LogP contribution is 2.29. The van der Waals surface area contributed by atoms with Crippen molar-refractivity contribution in [3.05, 3.63) is 98.6 Å². The highest BCUT2D eigenvalue weighted by Gasteiger charge is 2.26. The summed E-state index contributed by atoms with van der Waals surface area (Å²) in [6.45, 7) is 6.49. The third-order valence-corrected chi connectivity index (χ3v) is 8.71. The summed E-state index contributed by atoms with van der Waals surface area (Å²) in [6.07, 6.45) is 0.642. The Morgan fingerprint density at radius 1 is 1.03 bits per heavy atom. The molecule has 3 aromatic carbocycles. The Morgan fingerprint density at radius 2 is 1.71 bits per heavy atom. The number of aromatic nitrogens is 1. The van der Waals surface area contributed by atoms with E-state index in [4.69, 9.17) is 11.6 Å². The quantitative estimate of drug-likeness (QED) is 0.323. The summed E-state index contributed by atoms with van der Waals surface area (Å²) in [4.78, 5) is 12.7. The van der Waals surface area contributed by atoms with Crippen molar-refractivity contribution in [1.82, 2.24) is 9.29 Å². The summed E-state index contributed by atoms with van der Waals surface area (Å²) < 4.78 is 31.3. The third-order valence-electron chi connectivity index (χ3n) is 5.93. The van der Waals surface area contributed by atoms with Crippen molar-refractivity contribution in [3.8, 4) is 0 Å². The second-order valence-electron chi connectivity index (χ2n) is 9.19. The van der Waals surface area contributed by atoms with E-state index in [1.165, 1.54) is 0 Å². The van der Waals surface area contributed by atoms with Crippen molar-refractivity contribution < 1.29 is 8.42 Å². The minimum absolute atomic E-state index is 0.134. The smallest absolute Gasteiger partial charge is 0.294 e. The van der Waals surface area contributed by atoms with Gasteiger partial charge in [0, 0.05) is 11.1 Å². The molecule has 4 aromatic rings. The maximum Gasteiger partial charge on any atom is 0.308 e. The van der Waals surface area contributed by atoms with Crippen LogP contribution in [-0.4, -0.2) is 19.0 Å². The van der Waals surface area contributed by atoms with E-state index in [0.717, 1.165) is 22.5 Å². The molecule has 0 fully saturated rings. The number of sulfonamides is 1. The van der Waals surface area contributed by atoms with Gasteiger partial charge in [-0.3, -0.25) is 9.36 Å². The lowest BCUT2D eigenvalue weighted by molar-refractivity contribution is 0.418. The van der Waals surface area contributed by atoms with Gasteiger partial charge in [0.05, 0.1) is 21.7 Å². The highest BCUT2D eigenvalue weighted by molar-refractivity contribution is 7.89. The van der Waals surface area contributed by atoms with E-state index in [0.29, 0.717) is 28.2 Å². The van der Waals surface area contributed by atoms with Crippen LogP contribution in [0.15, 0.2) is 82.5 Å². The average molecular weight is 515 g/mol. The average Bonchev–Trinajstić information content (AvgIpc) is 3.09. The van der Waals surface area contributed by atoms with E-state index in [9.17, 15) is 13.2 Å². The van der Waals surface area contributed by atoms with Gasteiger partial charge in [0.25, 0.3) is 0 Å². The molecular weight excluding hydrogens is 488 g/mol. The Morgan fingerprint density at radius 3 is 2.38 bits per heavy atom. The van der Waals surface area contributed by atoms with Crippen LogP contribution in [0.2, 0.25) is 5.02 Å². The van der Waals surface area contributed by atoms with Crippen LogP contribution in [0, 0.1) is 0 Å². The molecule has 1 heterocycles. The molecule has 1 N–H and O–H groups in total. The predicted octanol–water partition coefficient (Wildman–Crippen LogP) is 5.80. The fourth-order valence-corrected chi connectivity index (χ4v) is 6.68. The first-order valence-corrected chi connectivity index (χ1v) is 13.7. The number of benzene rings is 3. The molecule has 0 aliphatic rings. The van der Waals surface area contributed by atoms with Crippen molar-refractivity contribution in [2.24, 2.45) is 0 Å². The van der Waals surface area contributed by atoms with Gasteiger partial charge in [0.2, 0.25) is 10.0 Å². The summed E-state index contributed by atoms with van der Waals surface area (Å²) in [5.41, 5.74) is 2.63. The normalized spacial score (nSPS) is 13.3. The van der Waals surface area contributed by atoms with Crippen LogP contribution in [0.3, 0.4) is 0 Å². The molecule has 0 aliphatic heterocycles. The van der Waals surface area contributed by atoms with Crippen LogP contribution in [0.25, 0.3) is 10.2 Å². The molecule has 8 heteroatoms. The van der Waals surface area contributed by atoms with Gasteiger partial charge in [0.15, 0.2) is 0 Å². The molecule has 1 atom stereocenters. The maximum absolute atomic E-state index is 13.1. The first kappa shape index (κ1) is 24.7. The van der Waals surface area contributed by atoms with Gasteiger partial charge in [-0.1, -0.05) is 79.2 Å². The molecule has 0 radical (unpaired) electrons. The third kappa shape index (κ3) is 5.44. The van der Waals surface area contributed by atoms with Gasteiger partial charge in [-0.15, -0.1) is 0 Å². The van der Waals surface area contributed by atoms with Crippen LogP contribution < -0.4 is 9.60 Å². The van der Waals surface area contributed by atoms with Crippen LogP contribution in [0.1, 0.15) is 38.3 Å². The lowest BCUT2D eigenvalue weighted by Gasteiger charge is -2.29. The van der Waals surface area contributed by atoms with E-state index in [2.05, 4.69) is 30.7 Å². The van der Waals surface area contributed by atoms with Gasteiger partial charge in [0.1, 0.15) is 0 Å². The molecule has 0 saturated carbocycles. The van der Waals surface area contributed by atoms with E-state index < -0.39 is 10.0 Å². The van der Waals surface area contributed by atoms with Crippen molar-refractivity contribution in [2.75, 3.05) is 0 Å². The molecule has 4 rings (SSSR count). The number of fused-ring (bicyclic) bond motifs is 1. The van der Waals surface area contributed by atoms with Crippen LogP contribution >= 0.6 is 22.9 Å². The van der Waals surface area contributed by atoms with Crippen LogP contribution in [0.4, 0.5) is 0 Å². The second-order valence-corrected chi connectivity index (χ2v) is 12.3. The Bertz CT molecular complexity index is 1460. The first-order valence-electron chi connectivity index (χ1n) is 11.0. The largest absolute Gasteiger partial charge is 0.308 e. The number of thiazole rings is 1. The number of nitrogens with one attached hydrogen (secondary N) is 1. The summed E-state index contributed by atoms with van der Waals surface area (Å²) in [6, 6.07) is 22.0. The van der Waals surface area contributed by atoms with Gasteiger partial charge in [-0.05, 0) is 60.2 Å². The lowest BCUT2D eigenvalue weighted by atomic mass is 9.79. The monoisotopic (exact) mass is 514 g/mol. The second kappa shape index (κ2) is 9.66. The number of hydrogen-bond acceptors (Lipinski definition) is 4. The van der Waals surface area contributed by atoms with Gasteiger partial charge in [-0.25, -0.2) is 13.1 Å². The van der Waals surface area contributed by atoms with Gasteiger partial charge < -0.3 is 0 Å². The Balaban J connectivity index is 1.54. The van der Waals surface area contributed by atoms with Crippen molar-refractivity contribution in [1.29, 1.82) is 0 Å². The number of halogens is 1. The van der Waals surface area contributed by atoms with Gasteiger partial charge >= 0.3 is 4.87 Å². The molecule has 0 bridgehead atoms. The van der Waals surface area contributed by atoms with Crippen molar-refractivity contribution in [3.63, 3.8) is 0 Å². The van der Waals surface area contributed by atoms with Gasteiger partial charge in [-0.2, -0.15) is 0 Å². The molecule has 5 nitrogen and oxygen atoms in total. The predicted molar refractivity (Wildman–Crippen MR) is 141 cm³/mol. The van der Waals surface area contributed by atoms with E-state index in [-0.39, 0.29) is 21.2 Å². The molecular formula is C26H27ClN2O3S2. The molecule has 34 heavy (non-hydrogen) atoms. The topological polar surface area (TPSA) is 68.2 Å². The Hall–Kier alpha value is -2.45. The van der Waals surface area contributed by atoms with E-state index in [1.54, 1.807) is 34.9 Å². The standard InChI is InChI=1S/C26H27ClN2O3S2/c1-18(16-26(2,3)20-7-5-4-6-8-20)28-34(31,32)22-13-14-23-24(15-22)33-25(30)29(23)17-19-9-11-21(27)12-10-19/h4-15,18,28H,16-17H2,1-3H3/t18-/m0/s1. The Labute approximate surface area is 209 Å². The molecule has 178 valence electrons. The fourth-order valence-electron chi connectivity index (χ4n) is 4.28. The summed E-state index contributed by atoms with van der Waals surface area (Å²) in [7, 11) is -3.74. The van der Waals surface area contributed by atoms with Crippen LogP contribution in [0.5, 0.6) is 0 Å². The molecule has 0 aliphatic carbocycles. The van der Waals surface area contributed by atoms with E-state index >= 15 is 0 Å². The highest BCUT2D eigenvalue weighted by atomic mass is 35.5. The molecule has 0 saturated heterocycles. The van der Waals surface area contributed by atoms with Crippen molar-refractivity contribution in [2.45, 2.75) is 50.1 Å². The fraction of sp³-hybridized carbons (Fsp3) is 0.269. The minimum Gasteiger partial charge on any atom is -0.294 e. The zero-order valence-electron chi connectivity index (χ0n) is 19.3. The lowest BCUT2D eigenvalue weighted by Crippen LogP contribution is -2.37. The maximum atomic E-state index is 13.1. The van der Waals surface area contributed by atoms with Crippen molar-refractivity contribution >= 4 is 43.2 Å². The number of hydrogen-bond donors (Lipinski definition) is 1. The SMILES string of the molecule is C[C@@H](CC(C)(C)c1ccccc1)NS(=O)(=O)c1ccc2c(c1)sc(=O)n2Cc1ccc(Cl)cc1. The number of nitrogens with zero attached hydrogens (tertiary/aromatic N) is 1. The Kier molecular flexibility index (Phi) is 7.01. The summed E-state index contributed by atoms with van der Waals surface area (Å²) in [5, 5.41) is 0.634. The van der Waals surface area contributed by atoms with E-state index in [1.807, 2.05) is 37.3 Å². The molecule has 1 aromatic heterocycles. The minimum atomic E-state index is -3.74. The van der Waals surface area contributed by atoms with Crippen LogP contribution in [-0.2, 0) is 22.0 Å². The molecule has 0 amide bonds.